The lowest BCUT2D eigenvalue weighted by molar-refractivity contribution is -0.141. The number of hydrogen-bond donors (Lipinski definition) is 0. The van der Waals surface area contributed by atoms with Crippen molar-refractivity contribution in [3.8, 4) is 0 Å². The van der Waals surface area contributed by atoms with Gasteiger partial charge in [-0.1, -0.05) is 43.7 Å². The first-order chi connectivity index (χ1) is 18.5. The number of anilines is 1. The van der Waals surface area contributed by atoms with Crippen LogP contribution in [-0.4, -0.2) is 77.4 Å². The SMILES string of the molecule is CCCCc1ccc(C(=O)N2CCC3(CC2)C(=O)N(CC(=O)N2CCCCC2)CN3c2ccccc2)cc1. The molecule has 3 amide bonds. The molecule has 0 aliphatic carbocycles. The molecule has 3 fully saturated rings. The van der Waals surface area contributed by atoms with Gasteiger partial charge >= 0.3 is 0 Å². The molecule has 5 rings (SSSR count). The normalized spacial score (nSPS) is 19.3. The minimum Gasteiger partial charge on any atom is -0.341 e. The number of piperidine rings is 2. The van der Waals surface area contributed by atoms with Crippen LogP contribution in [0.4, 0.5) is 5.69 Å². The van der Waals surface area contributed by atoms with Crippen molar-refractivity contribution in [2.75, 3.05) is 44.3 Å². The molecule has 0 aromatic heterocycles. The summed E-state index contributed by atoms with van der Waals surface area (Å²) in [5, 5.41) is 0. The Morgan fingerprint density at radius 1 is 0.842 bits per heavy atom. The number of hydrogen-bond acceptors (Lipinski definition) is 4. The first kappa shape index (κ1) is 26.3. The highest BCUT2D eigenvalue weighted by Gasteiger charge is 2.54. The van der Waals surface area contributed by atoms with Gasteiger partial charge in [-0.3, -0.25) is 14.4 Å². The monoisotopic (exact) mass is 516 g/mol. The Bertz CT molecular complexity index is 1120. The molecule has 1 spiro atoms. The summed E-state index contributed by atoms with van der Waals surface area (Å²) in [5.74, 6) is 0.0768. The van der Waals surface area contributed by atoms with Crippen molar-refractivity contribution in [2.24, 2.45) is 0 Å². The van der Waals surface area contributed by atoms with Crippen LogP contribution < -0.4 is 4.90 Å². The van der Waals surface area contributed by atoms with E-state index in [1.165, 1.54) is 5.56 Å². The van der Waals surface area contributed by atoms with Crippen LogP contribution in [0.2, 0.25) is 0 Å². The standard InChI is InChI=1S/C31H40N4O3/c1-2-3-10-25-13-15-26(16-14-25)29(37)33-21-17-31(18-22-33)30(38)34(23-28(36)32-19-8-5-9-20-32)24-35(31)27-11-6-4-7-12-27/h4,6-7,11-16H,2-3,5,8-10,17-24H2,1H3. The second-order valence-corrected chi connectivity index (χ2v) is 11.0. The van der Waals surface area contributed by atoms with Crippen LogP contribution in [-0.2, 0) is 16.0 Å². The second-order valence-electron chi connectivity index (χ2n) is 11.0. The third-order valence-electron chi connectivity index (χ3n) is 8.51. The molecule has 2 aromatic carbocycles. The Morgan fingerprint density at radius 2 is 1.53 bits per heavy atom. The van der Waals surface area contributed by atoms with E-state index in [4.69, 9.17) is 0 Å². The van der Waals surface area contributed by atoms with Gasteiger partial charge in [-0.2, -0.15) is 0 Å². The average molecular weight is 517 g/mol. The summed E-state index contributed by atoms with van der Waals surface area (Å²) in [4.78, 5) is 48.0. The summed E-state index contributed by atoms with van der Waals surface area (Å²) in [6.07, 6.45) is 7.66. The van der Waals surface area contributed by atoms with Crippen LogP contribution in [0.5, 0.6) is 0 Å². The minimum atomic E-state index is -0.732. The summed E-state index contributed by atoms with van der Waals surface area (Å²) in [6, 6.07) is 18.0. The number of likely N-dealkylation sites (tertiary alicyclic amines) is 2. The Labute approximate surface area is 226 Å². The van der Waals surface area contributed by atoms with Gasteiger partial charge in [0, 0.05) is 37.4 Å². The zero-order valence-electron chi connectivity index (χ0n) is 22.6. The number of carbonyl (C=O) groups is 3. The van der Waals surface area contributed by atoms with Crippen molar-refractivity contribution < 1.29 is 14.4 Å². The van der Waals surface area contributed by atoms with Gasteiger partial charge in [0.05, 0.1) is 6.67 Å². The fraction of sp³-hybridized carbons (Fsp3) is 0.516. The van der Waals surface area contributed by atoms with Gasteiger partial charge in [0.2, 0.25) is 5.91 Å². The number of para-hydroxylation sites is 1. The highest BCUT2D eigenvalue weighted by Crippen LogP contribution is 2.39. The van der Waals surface area contributed by atoms with Crippen molar-refractivity contribution in [1.82, 2.24) is 14.7 Å². The van der Waals surface area contributed by atoms with E-state index in [9.17, 15) is 14.4 Å². The van der Waals surface area contributed by atoms with E-state index in [1.807, 2.05) is 52.3 Å². The zero-order chi connectivity index (χ0) is 26.5. The van der Waals surface area contributed by atoms with E-state index in [1.54, 1.807) is 4.90 Å². The van der Waals surface area contributed by atoms with E-state index in [0.29, 0.717) is 38.2 Å². The first-order valence-corrected chi connectivity index (χ1v) is 14.3. The molecule has 0 bridgehead atoms. The van der Waals surface area contributed by atoms with Crippen molar-refractivity contribution in [3.63, 3.8) is 0 Å². The largest absolute Gasteiger partial charge is 0.341 e. The molecule has 3 aliphatic rings. The number of carbonyl (C=O) groups excluding carboxylic acids is 3. The number of unbranched alkanes of at least 4 members (excludes halogenated alkanes) is 1. The van der Waals surface area contributed by atoms with Crippen LogP contribution in [0.1, 0.15) is 67.8 Å². The van der Waals surface area contributed by atoms with Crippen LogP contribution >= 0.6 is 0 Å². The van der Waals surface area contributed by atoms with Crippen LogP contribution in [0.15, 0.2) is 54.6 Å². The number of amides is 3. The smallest absolute Gasteiger partial charge is 0.253 e. The molecule has 0 unspecified atom stereocenters. The molecule has 0 saturated carbocycles. The van der Waals surface area contributed by atoms with E-state index in [2.05, 4.69) is 24.0 Å². The Balaban J connectivity index is 1.30. The maximum atomic E-state index is 14.0. The predicted molar refractivity (Wildman–Crippen MR) is 149 cm³/mol. The summed E-state index contributed by atoms with van der Waals surface area (Å²) < 4.78 is 0. The van der Waals surface area contributed by atoms with E-state index >= 15 is 0 Å². The lowest BCUT2D eigenvalue weighted by atomic mass is 9.85. The lowest BCUT2D eigenvalue weighted by Crippen LogP contribution is -2.57. The van der Waals surface area contributed by atoms with Gasteiger partial charge in [-0.05, 0) is 74.8 Å². The van der Waals surface area contributed by atoms with E-state index < -0.39 is 5.54 Å². The fourth-order valence-electron chi connectivity index (χ4n) is 6.19. The third-order valence-corrected chi connectivity index (χ3v) is 8.51. The molecule has 2 aromatic rings. The molecule has 38 heavy (non-hydrogen) atoms. The number of aryl methyl sites for hydroxylation is 1. The highest BCUT2D eigenvalue weighted by atomic mass is 16.2. The molecule has 0 radical (unpaired) electrons. The van der Waals surface area contributed by atoms with Gasteiger partial charge in [-0.25, -0.2) is 0 Å². The van der Waals surface area contributed by atoms with Gasteiger partial charge in [0.1, 0.15) is 12.1 Å². The number of rotatable bonds is 7. The summed E-state index contributed by atoms with van der Waals surface area (Å²) in [5.41, 5.74) is 2.21. The molecule has 7 heteroatoms. The zero-order valence-corrected chi connectivity index (χ0v) is 22.6. The maximum Gasteiger partial charge on any atom is 0.253 e. The highest BCUT2D eigenvalue weighted by molar-refractivity contribution is 5.97. The average Bonchev–Trinajstić information content (AvgIpc) is 3.23. The molecule has 7 nitrogen and oxygen atoms in total. The summed E-state index contributed by atoms with van der Waals surface area (Å²) >= 11 is 0. The van der Waals surface area contributed by atoms with Crippen LogP contribution in [0.25, 0.3) is 0 Å². The number of nitrogens with zero attached hydrogens (tertiary/aromatic N) is 4. The van der Waals surface area contributed by atoms with Crippen molar-refractivity contribution in [1.29, 1.82) is 0 Å². The van der Waals surface area contributed by atoms with E-state index in [0.717, 1.165) is 57.3 Å². The maximum absolute atomic E-state index is 14.0. The lowest BCUT2D eigenvalue weighted by Gasteiger charge is -2.43. The summed E-state index contributed by atoms with van der Waals surface area (Å²) in [7, 11) is 0. The molecular formula is C31H40N4O3. The van der Waals surface area contributed by atoms with Crippen LogP contribution in [0.3, 0.4) is 0 Å². The summed E-state index contributed by atoms with van der Waals surface area (Å²) in [6.45, 7) is 5.29. The van der Waals surface area contributed by atoms with E-state index in [-0.39, 0.29) is 24.3 Å². The third kappa shape index (κ3) is 5.29. The Kier molecular flexibility index (Phi) is 8.01. The Hall–Kier alpha value is -3.35. The molecule has 0 atom stereocenters. The van der Waals surface area contributed by atoms with Gasteiger partial charge in [0.25, 0.3) is 11.8 Å². The first-order valence-electron chi connectivity index (χ1n) is 14.3. The van der Waals surface area contributed by atoms with Crippen molar-refractivity contribution >= 4 is 23.4 Å². The quantitative estimate of drug-likeness (QED) is 0.550. The molecule has 3 heterocycles. The number of benzene rings is 2. The minimum absolute atomic E-state index is 0.0130. The molecular weight excluding hydrogens is 476 g/mol. The molecule has 3 saturated heterocycles. The topological polar surface area (TPSA) is 64.2 Å². The van der Waals surface area contributed by atoms with Gasteiger partial charge in [-0.15, -0.1) is 0 Å². The molecule has 0 N–H and O–H groups in total. The molecule has 202 valence electrons. The predicted octanol–water partition coefficient (Wildman–Crippen LogP) is 4.32. The van der Waals surface area contributed by atoms with Crippen molar-refractivity contribution in [2.45, 2.75) is 63.8 Å². The molecule has 3 aliphatic heterocycles. The van der Waals surface area contributed by atoms with Crippen molar-refractivity contribution in [3.05, 3.63) is 65.7 Å². The van der Waals surface area contributed by atoms with Gasteiger partial charge in [0.15, 0.2) is 0 Å². The fourth-order valence-corrected chi connectivity index (χ4v) is 6.19. The van der Waals surface area contributed by atoms with Crippen LogP contribution in [0, 0.1) is 0 Å². The Morgan fingerprint density at radius 3 is 2.18 bits per heavy atom. The van der Waals surface area contributed by atoms with Gasteiger partial charge < -0.3 is 19.6 Å². The second kappa shape index (κ2) is 11.6.